The third-order valence-electron chi connectivity index (χ3n) is 5.92. The Labute approximate surface area is 197 Å². The second kappa shape index (κ2) is 8.74. The number of halogens is 1. The Morgan fingerprint density at radius 3 is 2.34 bits per heavy atom. The van der Waals surface area contributed by atoms with Crippen LogP contribution in [0.5, 0.6) is 0 Å². The minimum absolute atomic E-state index is 0.202. The summed E-state index contributed by atoms with van der Waals surface area (Å²) in [6.07, 6.45) is 1.03. The molecule has 2 atom stereocenters. The van der Waals surface area contributed by atoms with Crippen LogP contribution in [-0.2, 0) is 17.1 Å². The monoisotopic (exact) mass is 491 g/mol. The number of piperidine rings is 1. The van der Waals surface area contributed by atoms with Gasteiger partial charge in [0, 0.05) is 30.7 Å². The summed E-state index contributed by atoms with van der Waals surface area (Å²) in [5.74, 6) is 0.238. The highest BCUT2D eigenvalue weighted by molar-refractivity contribution is 7.89. The second-order valence-electron chi connectivity index (χ2n) is 8.67. The first-order valence-corrected chi connectivity index (χ1v) is 13.1. The number of rotatable bonds is 3. The zero-order valence-electron chi connectivity index (χ0n) is 18.5. The average Bonchev–Trinajstić information content (AvgIpc) is 3.06. The quantitative estimate of drug-likeness (QED) is 0.537. The first-order valence-electron chi connectivity index (χ1n) is 10.5. The number of amides is 1. The van der Waals surface area contributed by atoms with Crippen LogP contribution in [0.15, 0.2) is 46.3 Å². The lowest BCUT2D eigenvalue weighted by Crippen LogP contribution is -2.42. The Balaban J connectivity index is 1.62. The third-order valence-corrected chi connectivity index (χ3v) is 9.28. The van der Waals surface area contributed by atoms with Gasteiger partial charge in [0.15, 0.2) is 4.80 Å². The van der Waals surface area contributed by atoms with E-state index in [1.807, 2.05) is 30.7 Å². The molecule has 2 heterocycles. The minimum atomic E-state index is -3.59. The van der Waals surface area contributed by atoms with Gasteiger partial charge in [-0.3, -0.25) is 4.79 Å². The standard InChI is InChI=1S/C23H26ClN3O3S2/c1-14-11-15(2)13-27(12-14)32(29,30)18-7-5-17(6-8-18)22(28)25-23-26(4)21-16(3)19(24)9-10-20(21)31-23/h5-10,14-15H,11-13H2,1-4H3. The van der Waals surface area contributed by atoms with E-state index in [2.05, 4.69) is 18.8 Å². The van der Waals surface area contributed by atoms with E-state index in [9.17, 15) is 13.2 Å². The smallest absolute Gasteiger partial charge is 0.279 e. The van der Waals surface area contributed by atoms with E-state index in [1.54, 1.807) is 4.31 Å². The van der Waals surface area contributed by atoms with Crippen molar-refractivity contribution in [1.82, 2.24) is 8.87 Å². The number of carbonyl (C=O) groups excluding carboxylic acids is 1. The molecule has 0 spiro atoms. The van der Waals surface area contributed by atoms with Gasteiger partial charge in [-0.25, -0.2) is 8.42 Å². The molecule has 0 saturated carbocycles. The van der Waals surface area contributed by atoms with Gasteiger partial charge in [-0.2, -0.15) is 9.30 Å². The van der Waals surface area contributed by atoms with Gasteiger partial charge in [0.1, 0.15) is 0 Å². The van der Waals surface area contributed by atoms with Crippen LogP contribution in [0.2, 0.25) is 5.02 Å². The predicted octanol–water partition coefficient (Wildman–Crippen LogP) is 4.61. The molecule has 6 nitrogen and oxygen atoms in total. The molecule has 1 aliphatic rings. The van der Waals surface area contributed by atoms with E-state index in [4.69, 9.17) is 11.6 Å². The number of carbonyl (C=O) groups is 1. The van der Waals surface area contributed by atoms with E-state index >= 15 is 0 Å². The van der Waals surface area contributed by atoms with Crippen molar-refractivity contribution in [3.63, 3.8) is 0 Å². The predicted molar refractivity (Wildman–Crippen MR) is 129 cm³/mol. The Kier molecular flexibility index (Phi) is 6.33. The molecule has 3 aromatic rings. The third kappa shape index (κ3) is 4.29. The molecular formula is C23H26ClN3O3S2. The minimum Gasteiger partial charge on any atom is -0.319 e. The molecule has 4 rings (SSSR count). The molecule has 9 heteroatoms. The van der Waals surface area contributed by atoms with Gasteiger partial charge < -0.3 is 4.57 Å². The number of nitrogens with zero attached hydrogens (tertiary/aromatic N) is 3. The van der Waals surface area contributed by atoms with Gasteiger partial charge in [0.25, 0.3) is 5.91 Å². The fourth-order valence-corrected chi connectivity index (χ4v) is 7.29. The van der Waals surface area contributed by atoms with Crippen molar-refractivity contribution in [3.05, 3.63) is 57.3 Å². The van der Waals surface area contributed by atoms with Gasteiger partial charge in [-0.15, -0.1) is 0 Å². The topological polar surface area (TPSA) is 71.7 Å². The highest BCUT2D eigenvalue weighted by Gasteiger charge is 2.31. The van der Waals surface area contributed by atoms with Crippen molar-refractivity contribution in [2.45, 2.75) is 32.1 Å². The van der Waals surface area contributed by atoms with Crippen LogP contribution < -0.4 is 4.80 Å². The number of aryl methyl sites for hydroxylation is 2. The summed E-state index contributed by atoms with van der Waals surface area (Å²) < 4.78 is 30.5. The Bertz CT molecular complexity index is 1350. The van der Waals surface area contributed by atoms with Crippen LogP contribution in [0.4, 0.5) is 0 Å². The SMILES string of the molecule is Cc1c(Cl)ccc2sc(=NC(=O)c3ccc(S(=O)(=O)N4CC(C)CC(C)C4)cc3)n(C)c12. The van der Waals surface area contributed by atoms with E-state index in [-0.39, 0.29) is 4.90 Å². The number of hydrogen-bond acceptors (Lipinski definition) is 4. The first-order chi connectivity index (χ1) is 15.1. The molecule has 0 radical (unpaired) electrons. The summed E-state index contributed by atoms with van der Waals surface area (Å²) in [5, 5.41) is 0.665. The molecule has 1 fully saturated rings. The summed E-state index contributed by atoms with van der Waals surface area (Å²) in [7, 11) is -1.73. The van der Waals surface area contributed by atoms with Crippen LogP contribution in [0.25, 0.3) is 10.2 Å². The summed E-state index contributed by atoms with van der Waals surface area (Å²) >= 11 is 7.65. The molecule has 32 heavy (non-hydrogen) atoms. The molecule has 0 N–H and O–H groups in total. The molecule has 0 bridgehead atoms. The van der Waals surface area contributed by atoms with Crippen LogP contribution >= 0.6 is 22.9 Å². The van der Waals surface area contributed by atoms with E-state index < -0.39 is 15.9 Å². The number of thiazole rings is 1. The highest BCUT2D eigenvalue weighted by atomic mass is 35.5. The van der Waals surface area contributed by atoms with Crippen molar-refractivity contribution in [1.29, 1.82) is 0 Å². The normalized spacial score (nSPS) is 20.7. The maximum Gasteiger partial charge on any atom is 0.279 e. The maximum absolute atomic E-state index is 13.1. The maximum atomic E-state index is 13.1. The van der Waals surface area contributed by atoms with Crippen LogP contribution in [-0.4, -0.2) is 36.3 Å². The molecule has 1 saturated heterocycles. The number of fused-ring (bicyclic) bond motifs is 1. The summed E-state index contributed by atoms with van der Waals surface area (Å²) in [6.45, 7) is 7.13. The van der Waals surface area contributed by atoms with Crippen molar-refractivity contribution in [2.75, 3.05) is 13.1 Å². The molecule has 0 aliphatic carbocycles. The summed E-state index contributed by atoms with van der Waals surface area (Å²) in [4.78, 5) is 17.8. The summed E-state index contributed by atoms with van der Waals surface area (Å²) in [5.41, 5.74) is 2.23. The van der Waals surface area contributed by atoms with Crippen LogP contribution in [0.1, 0.15) is 36.2 Å². The van der Waals surface area contributed by atoms with E-state index in [0.717, 1.165) is 22.2 Å². The van der Waals surface area contributed by atoms with Crippen molar-refractivity contribution in [3.8, 4) is 0 Å². The number of benzene rings is 2. The van der Waals surface area contributed by atoms with Gasteiger partial charge >= 0.3 is 0 Å². The van der Waals surface area contributed by atoms with Crippen molar-refractivity contribution in [2.24, 2.45) is 23.9 Å². The largest absolute Gasteiger partial charge is 0.319 e. The lowest BCUT2D eigenvalue weighted by atomic mass is 9.94. The number of sulfonamides is 1. The van der Waals surface area contributed by atoms with Gasteiger partial charge in [0.05, 0.1) is 15.1 Å². The van der Waals surface area contributed by atoms with Gasteiger partial charge in [0.2, 0.25) is 10.0 Å². The Morgan fingerprint density at radius 2 is 1.72 bits per heavy atom. The molecule has 2 unspecified atom stereocenters. The molecule has 1 aromatic heterocycles. The fraction of sp³-hybridized carbons (Fsp3) is 0.391. The molecule has 1 amide bonds. The summed E-state index contributed by atoms with van der Waals surface area (Å²) in [6, 6.07) is 9.81. The molecule has 170 valence electrons. The lowest BCUT2D eigenvalue weighted by molar-refractivity contribution is 0.0998. The second-order valence-corrected chi connectivity index (χ2v) is 12.0. The average molecular weight is 492 g/mol. The zero-order valence-corrected chi connectivity index (χ0v) is 20.9. The molecular weight excluding hydrogens is 466 g/mol. The van der Waals surface area contributed by atoms with E-state index in [1.165, 1.54) is 35.6 Å². The first kappa shape index (κ1) is 23.2. The molecule has 1 aliphatic heterocycles. The van der Waals surface area contributed by atoms with Crippen LogP contribution in [0, 0.1) is 18.8 Å². The lowest BCUT2D eigenvalue weighted by Gasteiger charge is -2.34. The Hall–Kier alpha value is -2.00. The van der Waals surface area contributed by atoms with Crippen LogP contribution in [0.3, 0.4) is 0 Å². The number of hydrogen-bond donors (Lipinski definition) is 0. The Morgan fingerprint density at radius 1 is 1.09 bits per heavy atom. The zero-order chi connectivity index (χ0) is 23.2. The van der Waals surface area contributed by atoms with Crippen molar-refractivity contribution >= 4 is 49.1 Å². The van der Waals surface area contributed by atoms with Crippen molar-refractivity contribution < 1.29 is 13.2 Å². The fourth-order valence-electron chi connectivity index (χ4n) is 4.38. The highest BCUT2D eigenvalue weighted by Crippen LogP contribution is 2.28. The van der Waals surface area contributed by atoms with Gasteiger partial charge in [-0.1, -0.05) is 36.8 Å². The van der Waals surface area contributed by atoms with Gasteiger partial charge in [-0.05, 0) is 67.1 Å². The molecule has 2 aromatic carbocycles. The number of aromatic nitrogens is 1. The van der Waals surface area contributed by atoms with E-state index in [0.29, 0.717) is 40.3 Å².